The number of halogens is 73. The number of benzene rings is 3. The van der Waals surface area contributed by atoms with Crippen LogP contribution in [0.15, 0.2) is 29.7 Å². The van der Waals surface area contributed by atoms with Crippen LogP contribution in [0.1, 0.15) is 59.6 Å². The van der Waals surface area contributed by atoms with E-state index >= 15 is 0 Å². The van der Waals surface area contributed by atoms with E-state index in [1.807, 2.05) is 0 Å². The molecule has 0 spiro atoms. The Hall–Kier alpha value is -1.83. The molecule has 0 unspecified atom stereocenters. The van der Waals surface area contributed by atoms with Crippen molar-refractivity contribution in [3.63, 3.8) is 0 Å². The Balaban J connectivity index is -0.000000801. The third-order valence-electron chi connectivity index (χ3n) is 14.5. The molecule has 0 fully saturated rings. The molecule has 842 valence electrons. The normalized spacial score (nSPS) is 14.0. The standard InChI is InChI=1S/C10H5Cl2F17OSi.C10H5Cl2F7OSi.C9H5Cl2F7OSi.C8H5Cl2F13OSi.C8H5Cl2F5GeO.C6H5Cl2F7O2Si.C4H5Cl2F3OSi/c1-2-30-31(11,12)10(28,29)8(23,24)6(19,20)4(15,16)3(13,14)5(17,18)7(21,22)9(25,26)27;1-2-20-21(11,12)9-7(16)4(13)3(5(14)8(9)17)6(15)10(18)19;1-2-19-20(10,11)8-6(14)4(12)3(9(16,17)18)5(13)7(8)15;1-2-24-25(9,10)8(22,23)6(17,18)4(13,14)3(11,12)5(15,16)7(19,20)21;1-2-17-16(9,10)8-6(14)4(12)3(11)5(13)7(8)15;1-2-16-18(7,8)6(14,15)5(12,13)17-4(11)3(9)10;1-2-10-11(5,6)4(9)3(7)8/h2H2,1H3;2H2,1H3;2H2,1H3;2H2,1H3;2H2,1H3;2H2,1H3;2H2,1H3. The van der Waals surface area contributed by atoms with Crippen LogP contribution in [-0.4, -0.2) is 194 Å². The van der Waals surface area contributed by atoms with Crippen molar-refractivity contribution < 1.29 is 294 Å². The van der Waals surface area contributed by atoms with Crippen molar-refractivity contribution in [1.29, 1.82) is 0 Å². The number of alkyl halides is 37. The third kappa shape index (κ3) is 31.1. The van der Waals surface area contributed by atoms with E-state index in [0.717, 1.165) is 13.8 Å². The fraction of sp³-hybridized carbons (Fsp3) is 0.564. The molecule has 143 heavy (non-hydrogen) atoms. The first-order chi connectivity index (χ1) is 62.7. The van der Waals surface area contributed by atoms with Gasteiger partial charge < -0.3 is 31.3 Å². The molecule has 0 aliphatic rings. The van der Waals surface area contributed by atoms with Gasteiger partial charge >= 0.3 is 271 Å². The van der Waals surface area contributed by atoms with Gasteiger partial charge in [-0.05, 0) is 41.5 Å². The zero-order valence-electron chi connectivity index (χ0n) is 66.8. The van der Waals surface area contributed by atoms with Gasteiger partial charge in [0.2, 0.25) is 11.3 Å². The molecule has 0 heterocycles. The van der Waals surface area contributed by atoms with Crippen molar-refractivity contribution in [3.8, 4) is 0 Å². The topological polar surface area (TPSA) is 73.8 Å². The average Bonchev–Trinajstić information content (AvgIpc) is 0.679. The van der Waals surface area contributed by atoms with Gasteiger partial charge in [0.05, 0.1) is 15.9 Å². The molecule has 8 nitrogen and oxygen atoms in total. The summed E-state index contributed by atoms with van der Waals surface area (Å²) in [4.78, 5) is 0. The number of ether oxygens (including phenoxy) is 1. The minimum absolute atomic E-state index is 0.0000772. The van der Waals surface area contributed by atoms with Gasteiger partial charge in [-0.1, -0.05) is 0 Å². The van der Waals surface area contributed by atoms with Crippen LogP contribution in [0.3, 0.4) is 0 Å². The molecule has 0 atom stereocenters. The summed E-state index contributed by atoms with van der Waals surface area (Å²) >= 11 is 55.8. The molecular formula is C55H35Cl14F59GeO8Si6. The van der Waals surface area contributed by atoms with Crippen molar-refractivity contribution in [3.05, 3.63) is 116 Å². The second-order valence-corrected chi connectivity index (χ2v) is 68.1. The molecule has 0 radical (unpaired) electrons. The van der Waals surface area contributed by atoms with Crippen LogP contribution in [-0.2, 0) is 41.2 Å². The van der Waals surface area contributed by atoms with Crippen molar-refractivity contribution in [2.24, 2.45) is 0 Å². The summed E-state index contributed by atoms with van der Waals surface area (Å²) < 4.78 is 789. The molecule has 0 amide bonds. The number of hydrogen-bond acceptors (Lipinski definition) is 8. The van der Waals surface area contributed by atoms with E-state index in [1.165, 1.54) is 27.7 Å². The second-order valence-electron chi connectivity index (χ2n) is 23.9. The van der Waals surface area contributed by atoms with Gasteiger partial charge in [0.1, 0.15) is 5.56 Å². The van der Waals surface area contributed by atoms with Gasteiger partial charge in [-0.15, -0.1) is 133 Å². The van der Waals surface area contributed by atoms with Crippen LogP contribution in [0.5, 0.6) is 0 Å². The van der Waals surface area contributed by atoms with Crippen LogP contribution >= 0.6 is 153 Å². The summed E-state index contributed by atoms with van der Waals surface area (Å²) in [5.41, 5.74) is -25.6. The number of rotatable bonds is 35. The average molecular weight is 2680 g/mol. The molecule has 0 aromatic heterocycles. The Morgan fingerprint density at radius 1 is 0.266 bits per heavy atom. The predicted molar refractivity (Wildman–Crippen MR) is 400 cm³/mol. The van der Waals surface area contributed by atoms with Crippen molar-refractivity contribution in [2.75, 3.05) is 46.2 Å². The fourth-order valence-corrected chi connectivity index (χ4v) is 27.9. The molecule has 0 bridgehead atoms. The molecule has 88 heteroatoms. The van der Waals surface area contributed by atoms with Gasteiger partial charge in [0.15, 0.2) is 46.5 Å². The second kappa shape index (κ2) is 51.7. The van der Waals surface area contributed by atoms with Crippen molar-refractivity contribution >= 4 is 227 Å². The van der Waals surface area contributed by atoms with E-state index < -0.39 is 311 Å². The Morgan fingerprint density at radius 3 is 0.727 bits per heavy atom. The van der Waals surface area contributed by atoms with E-state index in [9.17, 15) is 259 Å². The summed E-state index contributed by atoms with van der Waals surface area (Å²) in [6, 6.07) is -3.16. The van der Waals surface area contributed by atoms with Crippen molar-refractivity contribution in [1.82, 2.24) is 0 Å². The Morgan fingerprint density at radius 2 is 0.503 bits per heavy atom. The maximum atomic E-state index is 13.7. The fourth-order valence-electron chi connectivity index (χ4n) is 7.79. The van der Waals surface area contributed by atoms with Gasteiger partial charge in [-0.3, -0.25) is 0 Å². The van der Waals surface area contributed by atoms with E-state index in [0.29, 0.717) is 6.92 Å². The van der Waals surface area contributed by atoms with E-state index in [4.69, 9.17) is 112 Å². The van der Waals surface area contributed by atoms with Crippen LogP contribution in [0.25, 0.3) is 5.83 Å². The Kier molecular flexibility index (Phi) is 53.3. The zero-order chi connectivity index (χ0) is 116. The third-order valence-corrected chi connectivity index (χ3v) is 42.3. The SMILES string of the molecule is CCO[Si](Cl)(Cl)C(F)(F)C(F)(F)C(F)(F)C(F)(F)C(F)(F)C(F)(F)C(F)(F)C(F)(F)F.CCO[Si](Cl)(Cl)C(F)(F)C(F)(F)C(F)(F)C(F)(F)C(F)(F)C(F)(F)F.CCO[Si](Cl)(Cl)C(F)(F)C(F)(F)OC(F)=C(F)F.CCO[Si](Cl)(Cl)C(F)=C(F)F.CCO[Si](Cl)(Cl)c1c(F)c(F)c(C(F)(F)F)c(F)c1F.CCO[Si](Cl)(Cl)c1c(F)c(F)c(C(F)=C(F)F)c(F)c1F.CC[O][Ge]([Cl])([Cl])[c]1c(F)c(F)c(F)c(F)c1F. The summed E-state index contributed by atoms with van der Waals surface area (Å²) in [5.74, 6) is -114. The molecule has 0 N–H and O–H groups in total. The van der Waals surface area contributed by atoms with Gasteiger partial charge in [0, 0.05) is 39.6 Å². The molecule has 3 aromatic rings. The van der Waals surface area contributed by atoms with E-state index in [2.05, 4.69) is 75.6 Å². The quantitative estimate of drug-likeness (QED) is 0.0144. The van der Waals surface area contributed by atoms with Crippen molar-refractivity contribution in [2.45, 2.75) is 149 Å². The predicted octanol–water partition coefficient (Wildman–Crippen LogP) is 31.4. The van der Waals surface area contributed by atoms with Crippen LogP contribution < -0.4 is 14.8 Å². The zero-order valence-corrected chi connectivity index (χ0v) is 85.5. The molecule has 3 rings (SSSR count). The van der Waals surface area contributed by atoms with Crippen LogP contribution in [0.4, 0.5) is 259 Å². The Labute approximate surface area is 827 Å². The monoisotopic (exact) mass is 2680 g/mol. The van der Waals surface area contributed by atoms with E-state index in [-0.39, 0.29) is 26.4 Å². The summed E-state index contributed by atoms with van der Waals surface area (Å²) in [7, 11) is 11.1. The molecule has 3 aromatic carbocycles. The summed E-state index contributed by atoms with van der Waals surface area (Å²) in [5, 5.41) is -3.02. The minimum atomic E-state index is -8.70. The van der Waals surface area contributed by atoms with Crippen LogP contribution in [0.2, 0.25) is 0 Å². The molecule has 0 aliphatic heterocycles. The van der Waals surface area contributed by atoms with Gasteiger partial charge in [-0.2, -0.15) is 193 Å². The molecule has 0 saturated carbocycles. The van der Waals surface area contributed by atoms with Crippen LogP contribution in [0, 0.1) is 75.6 Å². The summed E-state index contributed by atoms with van der Waals surface area (Å²) in [6.45, 7) is -26.4. The number of hydrogen-bond donors (Lipinski definition) is 0. The summed E-state index contributed by atoms with van der Waals surface area (Å²) in [6.07, 6.45) is -35.6. The molecular weight excluding hydrogens is 2650 g/mol. The van der Waals surface area contributed by atoms with Gasteiger partial charge in [-0.25, -0.2) is 43.9 Å². The first-order valence-corrected chi connectivity index (χ1v) is 64.4. The first-order valence-electron chi connectivity index (χ1n) is 33.4. The van der Waals surface area contributed by atoms with Gasteiger partial charge in [0.25, 0.3) is 0 Å². The molecule has 0 aliphatic carbocycles. The first kappa shape index (κ1) is 147. The van der Waals surface area contributed by atoms with E-state index in [1.54, 1.807) is 0 Å². The maximum absolute atomic E-state index is 13.7. The Bertz CT molecular complexity index is 4770. The molecule has 0 saturated heterocycles.